The smallest absolute Gasteiger partial charge is 0.343 e. The number of nitro groups is 1. The molecule has 8 heteroatoms. The van der Waals surface area contributed by atoms with E-state index in [1.807, 2.05) is 0 Å². The molecule has 0 radical (unpaired) electrons. The first-order chi connectivity index (χ1) is 14.0. The Morgan fingerprint density at radius 2 is 1.90 bits per heavy atom. The van der Waals surface area contributed by atoms with Gasteiger partial charge in [-0.2, -0.15) is 5.10 Å². The van der Waals surface area contributed by atoms with Crippen molar-refractivity contribution in [2.45, 2.75) is 39.0 Å². The third-order valence-corrected chi connectivity index (χ3v) is 4.04. The molecular weight excluding hydrogens is 374 g/mol. The van der Waals surface area contributed by atoms with Gasteiger partial charge in [-0.05, 0) is 36.2 Å². The molecule has 2 aromatic rings. The Morgan fingerprint density at radius 1 is 1.14 bits per heavy atom. The molecule has 152 valence electrons. The second-order valence-electron chi connectivity index (χ2n) is 6.37. The average Bonchev–Trinajstić information content (AvgIpc) is 2.71. The molecule has 0 aliphatic carbocycles. The van der Waals surface area contributed by atoms with E-state index in [9.17, 15) is 19.7 Å². The number of ether oxygens (including phenoxy) is 1. The highest BCUT2D eigenvalue weighted by Crippen LogP contribution is 2.16. The summed E-state index contributed by atoms with van der Waals surface area (Å²) in [5.41, 5.74) is 3.21. The first kappa shape index (κ1) is 21.7. The summed E-state index contributed by atoms with van der Waals surface area (Å²) >= 11 is 0. The number of hydrogen-bond donors (Lipinski definition) is 1. The van der Waals surface area contributed by atoms with Gasteiger partial charge in [-0.15, -0.1) is 0 Å². The molecule has 0 atom stereocenters. The molecule has 0 spiro atoms. The number of hydrogen-bond acceptors (Lipinski definition) is 6. The minimum Gasteiger partial charge on any atom is -0.423 e. The van der Waals surface area contributed by atoms with Gasteiger partial charge in [0.05, 0.1) is 16.7 Å². The van der Waals surface area contributed by atoms with Crippen LogP contribution in [-0.2, 0) is 4.79 Å². The Hall–Kier alpha value is -3.55. The van der Waals surface area contributed by atoms with Crippen molar-refractivity contribution in [1.82, 2.24) is 5.43 Å². The van der Waals surface area contributed by atoms with Crippen molar-refractivity contribution in [3.63, 3.8) is 0 Å². The minimum atomic E-state index is -0.630. The number of hydrazone groups is 1. The van der Waals surface area contributed by atoms with Gasteiger partial charge in [-0.25, -0.2) is 10.2 Å². The minimum absolute atomic E-state index is 0.104. The summed E-state index contributed by atoms with van der Waals surface area (Å²) in [6.45, 7) is 2.11. The van der Waals surface area contributed by atoms with Crippen LogP contribution in [0, 0.1) is 10.1 Å². The van der Waals surface area contributed by atoms with Crippen molar-refractivity contribution in [3.8, 4) is 5.75 Å². The van der Waals surface area contributed by atoms with Crippen LogP contribution >= 0.6 is 0 Å². The first-order valence-corrected chi connectivity index (χ1v) is 9.38. The number of rotatable bonds is 10. The molecule has 1 amide bonds. The number of non-ortho nitro benzene ring substituents is 1. The van der Waals surface area contributed by atoms with E-state index in [0.29, 0.717) is 17.7 Å². The average molecular weight is 397 g/mol. The molecule has 1 N–H and O–H groups in total. The maximum Gasteiger partial charge on any atom is 0.343 e. The van der Waals surface area contributed by atoms with Crippen LogP contribution in [0.4, 0.5) is 5.69 Å². The van der Waals surface area contributed by atoms with Crippen molar-refractivity contribution in [2.24, 2.45) is 5.10 Å². The van der Waals surface area contributed by atoms with Crippen molar-refractivity contribution in [3.05, 3.63) is 69.8 Å². The van der Waals surface area contributed by atoms with Gasteiger partial charge in [0.1, 0.15) is 5.75 Å². The Bertz CT molecular complexity index is 878. The molecule has 8 nitrogen and oxygen atoms in total. The first-order valence-electron chi connectivity index (χ1n) is 9.38. The zero-order chi connectivity index (χ0) is 21.1. The number of unbranched alkanes of at least 4 members (excludes halogenated alkanes) is 3. The van der Waals surface area contributed by atoms with Gasteiger partial charge < -0.3 is 4.74 Å². The van der Waals surface area contributed by atoms with Crippen LogP contribution in [0.5, 0.6) is 5.75 Å². The molecule has 0 saturated carbocycles. The van der Waals surface area contributed by atoms with E-state index in [1.165, 1.54) is 30.5 Å². The van der Waals surface area contributed by atoms with Crippen molar-refractivity contribution < 1.29 is 19.2 Å². The zero-order valence-electron chi connectivity index (χ0n) is 16.2. The summed E-state index contributed by atoms with van der Waals surface area (Å²) < 4.78 is 5.29. The maximum absolute atomic E-state index is 12.2. The van der Waals surface area contributed by atoms with Gasteiger partial charge in [0.2, 0.25) is 5.91 Å². The van der Waals surface area contributed by atoms with Gasteiger partial charge in [-0.3, -0.25) is 14.9 Å². The molecule has 0 aliphatic rings. The molecule has 0 heterocycles. The number of carbonyl (C=O) groups is 2. The fraction of sp³-hybridized carbons (Fsp3) is 0.286. The molecule has 2 rings (SSSR count). The predicted molar refractivity (Wildman–Crippen MR) is 109 cm³/mol. The van der Waals surface area contributed by atoms with Crippen molar-refractivity contribution in [1.29, 1.82) is 0 Å². The Labute approximate surface area is 168 Å². The van der Waals surface area contributed by atoms with Crippen molar-refractivity contribution >= 4 is 23.8 Å². The van der Waals surface area contributed by atoms with E-state index < -0.39 is 10.9 Å². The SMILES string of the molecule is CCCCCCC(=O)NN=Cc1cccc(OC(=O)c2ccc([N+](=O)[O-])cc2)c1. The molecule has 0 fully saturated rings. The highest BCUT2D eigenvalue weighted by molar-refractivity contribution is 5.91. The van der Waals surface area contributed by atoms with Crippen LogP contribution in [0.3, 0.4) is 0 Å². The van der Waals surface area contributed by atoms with Crippen LogP contribution in [0.2, 0.25) is 0 Å². The molecular formula is C21H23N3O5. The molecule has 0 aromatic heterocycles. The Balaban J connectivity index is 1.89. The van der Waals surface area contributed by atoms with E-state index in [2.05, 4.69) is 17.5 Å². The largest absolute Gasteiger partial charge is 0.423 e. The summed E-state index contributed by atoms with van der Waals surface area (Å²) in [7, 11) is 0. The lowest BCUT2D eigenvalue weighted by Gasteiger charge is -2.05. The summed E-state index contributed by atoms with van der Waals surface area (Å²) in [5.74, 6) is -0.476. The number of carbonyl (C=O) groups excluding carboxylic acids is 2. The standard InChI is InChI=1S/C21H23N3O5/c1-2-3-4-5-9-20(25)23-22-15-16-7-6-8-19(14-16)29-21(26)17-10-12-18(13-11-17)24(27)28/h6-8,10-15H,2-5,9H2,1H3,(H,23,25). The Morgan fingerprint density at radius 3 is 2.59 bits per heavy atom. The lowest BCUT2D eigenvalue weighted by Crippen LogP contribution is -2.16. The van der Waals surface area contributed by atoms with Crippen LogP contribution in [0.25, 0.3) is 0 Å². The summed E-state index contributed by atoms with van der Waals surface area (Å²) in [6, 6.07) is 11.8. The maximum atomic E-state index is 12.2. The quantitative estimate of drug-likeness (QED) is 0.161. The monoisotopic (exact) mass is 397 g/mol. The highest BCUT2D eigenvalue weighted by atomic mass is 16.6. The number of esters is 1. The van der Waals surface area contributed by atoms with E-state index in [0.717, 1.165) is 25.7 Å². The van der Waals surface area contributed by atoms with Gasteiger partial charge >= 0.3 is 5.97 Å². The second-order valence-corrected chi connectivity index (χ2v) is 6.37. The predicted octanol–water partition coefficient (Wildman–Crippen LogP) is 4.23. The van der Waals surface area contributed by atoms with Crippen LogP contribution in [0.15, 0.2) is 53.6 Å². The second kappa shape index (κ2) is 11.3. The number of benzene rings is 2. The van der Waals surface area contributed by atoms with Crippen LogP contribution in [-0.4, -0.2) is 23.0 Å². The van der Waals surface area contributed by atoms with E-state index in [-0.39, 0.29) is 17.2 Å². The molecule has 0 aliphatic heterocycles. The number of amides is 1. The number of nitro benzene ring substituents is 1. The van der Waals surface area contributed by atoms with Crippen LogP contribution in [0.1, 0.15) is 54.9 Å². The summed E-state index contributed by atoms with van der Waals surface area (Å²) in [6.07, 6.45) is 5.99. The molecule has 0 saturated heterocycles. The molecule has 2 aromatic carbocycles. The molecule has 0 bridgehead atoms. The lowest BCUT2D eigenvalue weighted by molar-refractivity contribution is -0.384. The topological polar surface area (TPSA) is 111 Å². The zero-order valence-corrected chi connectivity index (χ0v) is 16.2. The summed E-state index contributed by atoms with van der Waals surface area (Å²) in [5, 5.41) is 14.6. The third-order valence-electron chi connectivity index (χ3n) is 4.04. The van der Waals surface area contributed by atoms with Gasteiger partial charge in [0, 0.05) is 18.6 Å². The Kier molecular flexibility index (Phi) is 8.50. The van der Waals surface area contributed by atoms with Crippen molar-refractivity contribution in [2.75, 3.05) is 0 Å². The normalized spacial score (nSPS) is 10.7. The van der Waals surface area contributed by atoms with Gasteiger partial charge in [0.25, 0.3) is 5.69 Å². The van der Waals surface area contributed by atoms with Gasteiger partial charge in [0.15, 0.2) is 0 Å². The fourth-order valence-corrected chi connectivity index (χ4v) is 2.49. The third kappa shape index (κ3) is 7.53. The van der Waals surface area contributed by atoms with E-state index in [1.54, 1.807) is 24.3 Å². The highest BCUT2D eigenvalue weighted by Gasteiger charge is 2.11. The number of nitrogens with one attached hydrogen (secondary N) is 1. The lowest BCUT2D eigenvalue weighted by atomic mass is 10.1. The van der Waals surface area contributed by atoms with Gasteiger partial charge in [-0.1, -0.05) is 38.3 Å². The van der Waals surface area contributed by atoms with E-state index in [4.69, 9.17) is 4.74 Å². The molecule has 0 unspecified atom stereocenters. The fourth-order valence-electron chi connectivity index (χ4n) is 2.49. The molecule has 29 heavy (non-hydrogen) atoms. The van der Waals surface area contributed by atoms with Crippen LogP contribution < -0.4 is 10.2 Å². The van der Waals surface area contributed by atoms with E-state index >= 15 is 0 Å². The number of nitrogens with zero attached hydrogens (tertiary/aromatic N) is 2. The summed E-state index contributed by atoms with van der Waals surface area (Å²) in [4.78, 5) is 34.0.